The molecule has 0 saturated carbocycles. The minimum absolute atomic E-state index is 0.619. The van der Waals surface area contributed by atoms with Crippen LogP contribution in [0.1, 0.15) is 6.42 Å². The van der Waals surface area contributed by atoms with Crippen LogP contribution < -0.4 is 14.8 Å². The van der Waals surface area contributed by atoms with Gasteiger partial charge in [0.15, 0.2) is 17.3 Å². The van der Waals surface area contributed by atoms with E-state index in [1.54, 1.807) is 14.2 Å². The molecule has 4 rings (SSSR count). The minimum atomic E-state index is 0.619. The van der Waals surface area contributed by atoms with Gasteiger partial charge in [-0.1, -0.05) is 18.2 Å². The summed E-state index contributed by atoms with van der Waals surface area (Å²) in [6.07, 6.45) is 2.82. The van der Waals surface area contributed by atoms with Gasteiger partial charge >= 0.3 is 0 Å². The van der Waals surface area contributed by atoms with Gasteiger partial charge in [-0.15, -0.1) is 0 Å². The van der Waals surface area contributed by atoms with Gasteiger partial charge in [-0.3, -0.25) is 4.98 Å². The minimum Gasteiger partial charge on any atom is -0.493 e. The van der Waals surface area contributed by atoms with Gasteiger partial charge in [-0.05, 0) is 45.3 Å². The average Bonchev–Trinajstić information content (AvgIpc) is 2.80. The number of hydrogen-bond acceptors (Lipinski definition) is 7. The van der Waals surface area contributed by atoms with Crippen LogP contribution in [0.5, 0.6) is 11.5 Å². The highest BCUT2D eigenvalue weighted by molar-refractivity contribution is 5.93. The van der Waals surface area contributed by atoms with Crippen molar-refractivity contribution in [3.05, 3.63) is 48.7 Å². The Morgan fingerprint density at radius 1 is 0.935 bits per heavy atom. The lowest BCUT2D eigenvalue weighted by atomic mass is 10.1. The van der Waals surface area contributed by atoms with Gasteiger partial charge in [0.05, 0.1) is 25.3 Å². The fourth-order valence-electron chi connectivity index (χ4n) is 3.51. The van der Waals surface area contributed by atoms with Crippen LogP contribution in [0.4, 0.5) is 5.82 Å². The Balaban J connectivity index is 1.80. The van der Waals surface area contributed by atoms with Gasteiger partial charge in [-0.25, -0.2) is 9.97 Å². The van der Waals surface area contributed by atoms with Crippen molar-refractivity contribution in [2.75, 3.05) is 46.7 Å². The van der Waals surface area contributed by atoms with E-state index in [-0.39, 0.29) is 0 Å². The molecule has 0 saturated heterocycles. The Bertz CT molecular complexity index is 1210. The van der Waals surface area contributed by atoms with Crippen molar-refractivity contribution < 1.29 is 9.47 Å². The second kappa shape index (κ2) is 9.14. The van der Waals surface area contributed by atoms with Crippen LogP contribution in [0.15, 0.2) is 48.7 Å². The van der Waals surface area contributed by atoms with Crippen LogP contribution in [-0.4, -0.2) is 61.3 Å². The largest absolute Gasteiger partial charge is 0.493 e. The average molecular weight is 418 g/mol. The lowest BCUT2D eigenvalue weighted by molar-refractivity contribution is 0.356. The van der Waals surface area contributed by atoms with Crippen LogP contribution in [0.2, 0.25) is 0 Å². The third-order valence-corrected chi connectivity index (χ3v) is 5.12. The van der Waals surface area contributed by atoms with Crippen LogP contribution in [-0.2, 0) is 0 Å². The van der Waals surface area contributed by atoms with Gasteiger partial charge in [-0.2, -0.15) is 0 Å². The first-order chi connectivity index (χ1) is 15.1. The number of pyridine rings is 1. The van der Waals surface area contributed by atoms with Crippen molar-refractivity contribution in [3.8, 4) is 22.9 Å². The van der Waals surface area contributed by atoms with E-state index in [2.05, 4.69) is 35.4 Å². The lowest BCUT2D eigenvalue weighted by Crippen LogP contribution is -2.17. The highest BCUT2D eigenvalue weighted by Gasteiger charge is 2.15. The molecule has 0 bridgehead atoms. The topological polar surface area (TPSA) is 72.4 Å². The number of rotatable bonds is 8. The zero-order chi connectivity index (χ0) is 21.8. The highest BCUT2D eigenvalue weighted by Crippen LogP contribution is 2.35. The summed E-state index contributed by atoms with van der Waals surface area (Å²) in [5.74, 6) is 2.67. The maximum absolute atomic E-state index is 5.49. The Kier molecular flexibility index (Phi) is 6.13. The van der Waals surface area contributed by atoms with E-state index in [0.29, 0.717) is 17.3 Å². The van der Waals surface area contributed by atoms with Crippen LogP contribution in [0, 0.1) is 0 Å². The number of anilines is 1. The molecule has 0 aliphatic heterocycles. The van der Waals surface area contributed by atoms with Crippen molar-refractivity contribution in [1.29, 1.82) is 0 Å². The van der Waals surface area contributed by atoms with Crippen molar-refractivity contribution in [1.82, 2.24) is 19.9 Å². The summed E-state index contributed by atoms with van der Waals surface area (Å²) in [6.45, 7) is 1.79. The molecule has 0 spiro atoms. The zero-order valence-electron chi connectivity index (χ0n) is 18.3. The number of fused-ring (bicyclic) bond motifs is 2. The van der Waals surface area contributed by atoms with E-state index in [1.165, 1.54) is 0 Å². The highest BCUT2D eigenvalue weighted by atomic mass is 16.5. The fourth-order valence-corrected chi connectivity index (χ4v) is 3.51. The van der Waals surface area contributed by atoms with Crippen LogP contribution in [0.3, 0.4) is 0 Å². The Morgan fingerprint density at radius 2 is 1.71 bits per heavy atom. The summed E-state index contributed by atoms with van der Waals surface area (Å²) >= 11 is 0. The van der Waals surface area contributed by atoms with E-state index in [1.807, 2.05) is 42.6 Å². The van der Waals surface area contributed by atoms with Crippen LogP contribution in [0.25, 0.3) is 33.2 Å². The molecule has 2 aromatic heterocycles. The normalized spacial score (nSPS) is 11.3. The third kappa shape index (κ3) is 4.51. The molecule has 2 aromatic carbocycles. The molecule has 0 aliphatic carbocycles. The van der Waals surface area contributed by atoms with E-state index >= 15 is 0 Å². The molecule has 0 fully saturated rings. The Hall–Kier alpha value is -3.45. The molecule has 7 heteroatoms. The summed E-state index contributed by atoms with van der Waals surface area (Å²) in [5, 5.41) is 5.43. The number of nitrogens with zero attached hydrogens (tertiary/aromatic N) is 4. The van der Waals surface area contributed by atoms with Crippen molar-refractivity contribution in [2.24, 2.45) is 0 Å². The summed E-state index contributed by atoms with van der Waals surface area (Å²) in [6, 6.07) is 13.9. The lowest BCUT2D eigenvalue weighted by Gasteiger charge is -2.15. The first kappa shape index (κ1) is 20.8. The van der Waals surface area contributed by atoms with Crippen molar-refractivity contribution in [2.45, 2.75) is 6.42 Å². The number of aromatic nitrogens is 3. The molecule has 2 heterocycles. The van der Waals surface area contributed by atoms with Gasteiger partial charge in [0, 0.05) is 35.1 Å². The third-order valence-electron chi connectivity index (χ3n) is 5.12. The number of hydrogen-bond donors (Lipinski definition) is 1. The fraction of sp³-hybridized carbons (Fsp3) is 0.292. The molecule has 160 valence electrons. The first-order valence-electron chi connectivity index (χ1n) is 10.3. The van der Waals surface area contributed by atoms with Crippen molar-refractivity contribution >= 4 is 27.6 Å². The number of para-hydroxylation sites is 1. The summed E-state index contributed by atoms with van der Waals surface area (Å²) in [7, 11) is 7.40. The smallest absolute Gasteiger partial charge is 0.163 e. The van der Waals surface area contributed by atoms with Crippen molar-refractivity contribution in [3.63, 3.8) is 0 Å². The molecule has 0 radical (unpaired) electrons. The summed E-state index contributed by atoms with van der Waals surface area (Å²) in [5.41, 5.74) is 2.60. The van der Waals surface area contributed by atoms with Gasteiger partial charge < -0.3 is 19.7 Å². The summed E-state index contributed by atoms with van der Waals surface area (Å²) in [4.78, 5) is 16.4. The molecule has 0 unspecified atom stereocenters. The molecule has 7 nitrogen and oxygen atoms in total. The number of ether oxygens (including phenoxy) is 2. The zero-order valence-corrected chi connectivity index (χ0v) is 18.3. The second-order valence-corrected chi connectivity index (χ2v) is 7.62. The quantitative estimate of drug-likeness (QED) is 0.430. The number of methoxy groups -OCH3 is 2. The second-order valence-electron chi connectivity index (χ2n) is 7.62. The number of benzene rings is 2. The molecular formula is C24H27N5O2. The summed E-state index contributed by atoms with van der Waals surface area (Å²) < 4.78 is 11.0. The maximum atomic E-state index is 5.49. The van der Waals surface area contributed by atoms with E-state index in [9.17, 15) is 0 Å². The standard InChI is InChI=1S/C24H27N5O2/c1-29(2)11-7-10-25-24-18-13-21(30-3)22(31-4)14-20(18)27-23(28-24)17-12-16-8-5-6-9-19(16)26-15-17/h5-6,8-9,12-15H,7,10-11H2,1-4H3,(H,25,27,28). The molecule has 4 aromatic rings. The molecule has 31 heavy (non-hydrogen) atoms. The molecule has 0 atom stereocenters. The Labute approximate surface area is 182 Å². The number of nitrogens with one attached hydrogen (secondary N) is 1. The predicted molar refractivity (Wildman–Crippen MR) is 125 cm³/mol. The molecule has 0 amide bonds. The van der Waals surface area contributed by atoms with Gasteiger partial charge in [0.2, 0.25) is 0 Å². The monoisotopic (exact) mass is 417 g/mol. The predicted octanol–water partition coefficient (Wildman–Crippen LogP) is 4.23. The van der Waals surface area contributed by atoms with E-state index in [4.69, 9.17) is 19.4 Å². The molecular weight excluding hydrogens is 390 g/mol. The van der Waals surface area contributed by atoms with Gasteiger partial charge in [0.1, 0.15) is 5.82 Å². The van der Waals surface area contributed by atoms with Gasteiger partial charge in [0.25, 0.3) is 0 Å². The molecule has 1 N–H and O–H groups in total. The first-order valence-corrected chi connectivity index (χ1v) is 10.3. The SMILES string of the molecule is COc1cc2nc(-c3cnc4ccccc4c3)nc(NCCCN(C)C)c2cc1OC. The molecule has 0 aliphatic rings. The van der Waals surface area contributed by atoms with E-state index < -0.39 is 0 Å². The van der Waals surface area contributed by atoms with E-state index in [0.717, 1.165) is 52.7 Å². The van der Waals surface area contributed by atoms with Crippen LogP contribution >= 0.6 is 0 Å². The Morgan fingerprint density at radius 3 is 2.48 bits per heavy atom. The maximum Gasteiger partial charge on any atom is 0.163 e.